The third kappa shape index (κ3) is 5.07. The number of hydrogen-bond donors (Lipinski definition) is 1. The van der Waals surface area contributed by atoms with Crippen molar-refractivity contribution in [3.05, 3.63) is 29.3 Å². The van der Waals surface area contributed by atoms with Crippen LogP contribution in [0.2, 0.25) is 0 Å². The zero-order chi connectivity index (χ0) is 16.2. The summed E-state index contributed by atoms with van der Waals surface area (Å²) in [5.74, 6) is 1.50. The third-order valence-electron chi connectivity index (χ3n) is 3.91. The highest BCUT2D eigenvalue weighted by atomic mass is 16.5. The van der Waals surface area contributed by atoms with E-state index in [1.165, 1.54) is 11.1 Å². The topological polar surface area (TPSA) is 38.3 Å². The first-order chi connectivity index (χ1) is 9.72. The van der Waals surface area contributed by atoms with Crippen LogP contribution in [0.1, 0.15) is 45.7 Å². The summed E-state index contributed by atoms with van der Waals surface area (Å²) < 4.78 is 5.76. The SMILES string of the molecule is Cc1ccc(OC(C)C(=O)NC(C(C)C)C(C)C)cc1C. The van der Waals surface area contributed by atoms with Crippen LogP contribution in [0.4, 0.5) is 0 Å². The zero-order valence-electron chi connectivity index (χ0n) is 14.4. The number of ether oxygens (including phenoxy) is 1. The summed E-state index contributed by atoms with van der Waals surface area (Å²) in [7, 11) is 0. The number of carbonyl (C=O) groups excluding carboxylic acids is 1. The Morgan fingerprint density at radius 2 is 1.57 bits per heavy atom. The summed E-state index contributed by atoms with van der Waals surface area (Å²) >= 11 is 0. The lowest BCUT2D eigenvalue weighted by Gasteiger charge is -2.27. The van der Waals surface area contributed by atoms with Crippen LogP contribution in [-0.2, 0) is 4.79 Å². The molecule has 0 spiro atoms. The fourth-order valence-corrected chi connectivity index (χ4v) is 2.43. The second kappa shape index (κ2) is 7.48. The number of carbonyl (C=O) groups is 1. The van der Waals surface area contributed by atoms with E-state index < -0.39 is 6.10 Å². The van der Waals surface area contributed by atoms with Crippen LogP contribution in [0.5, 0.6) is 5.75 Å². The lowest BCUT2D eigenvalue weighted by Crippen LogP contribution is -2.47. The number of rotatable bonds is 6. The Kier molecular flexibility index (Phi) is 6.25. The van der Waals surface area contributed by atoms with Gasteiger partial charge in [-0.05, 0) is 55.9 Å². The van der Waals surface area contributed by atoms with Gasteiger partial charge in [0.1, 0.15) is 5.75 Å². The molecule has 0 radical (unpaired) electrons. The molecule has 3 nitrogen and oxygen atoms in total. The molecule has 0 bridgehead atoms. The smallest absolute Gasteiger partial charge is 0.261 e. The molecule has 0 saturated carbocycles. The summed E-state index contributed by atoms with van der Waals surface area (Å²) in [4.78, 5) is 12.3. The van der Waals surface area contributed by atoms with Crippen LogP contribution >= 0.6 is 0 Å². The van der Waals surface area contributed by atoms with Gasteiger partial charge in [0.05, 0.1) is 0 Å². The lowest BCUT2D eigenvalue weighted by molar-refractivity contribution is -0.128. The molecule has 1 atom stereocenters. The van der Waals surface area contributed by atoms with Crippen molar-refractivity contribution in [1.82, 2.24) is 5.32 Å². The van der Waals surface area contributed by atoms with Crippen molar-refractivity contribution in [2.24, 2.45) is 11.8 Å². The van der Waals surface area contributed by atoms with Gasteiger partial charge in [-0.3, -0.25) is 4.79 Å². The van der Waals surface area contributed by atoms with Crippen molar-refractivity contribution in [2.45, 2.75) is 60.6 Å². The van der Waals surface area contributed by atoms with Crippen LogP contribution < -0.4 is 10.1 Å². The highest BCUT2D eigenvalue weighted by Gasteiger charge is 2.23. The fourth-order valence-electron chi connectivity index (χ4n) is 2.43. The van der Waals surface area contributed by atoms with Gasteiger partial charge in [-0.15, -0.1) is 0 Å². The van der Waals surface area contributed by atoms with E-state index in [2.05, 4.69) is 39.9 Å². The monoisotopic (exact) mass is 291 g/mol. The first-order valence-corrected chi connectivity index (χ1v) is 7.76. The van der Waals surface area contributed by atoms with Gasteiger partial charge in [0.25, 0.3) is 5.91 Å². The summed E-state index contributed by atoms with van der Waals surface area (Å²) in [6, 6.07) is 6.07. The van der Waals surface area contributed by atoms with E-state index in [4.69, 9.17) is 4.74 Å². The highest BCUT2D eigenvalue weighted by molar-refractivity contribution is 5.81. The third-order valence-corrected chi connectivity index (χ3v) is 3.91. The molecule has 118 valence electrons. The number of amides is 1. The highest BCUT2D eigenvalue weighted by Crippen LogP contribution is 2.18. The molecular formula is C18H29NO2. The Hall–Kier alpha value is -1.51. The summed E-state index contributed by atoms with van der Waals surface area (Å²) in [6.45, 7) is 14.4. The first kappa shape index (κ1) is 17.5. The van der Waals surface area contributed by atoms with Crippen LogP contribution in [0, 0.1) is 25.7 Å². The lowest BCUT2D eigenvalue weighted by atomic mass is 9.93. The zero-order valence-corrected chi connectivity index (χ0v) is 14.4. The van der Waals surface area contributed by atoms with Gasteiger partial charge in [-0.25, -0.2) is 0 Å². The van der Waals surface area contributed by atoms with Crippen molar-refractivity contribution in [3.63, 3.8) is 0 Å². The Morgan fingerprint density at radius 1 is 1.00 bits per heavy atom. The first-order valence-electron chi connectivity index (χ1n) is 7.76. The average molecular weight is 291 g/mol. The van der Waals surface area contributed by atoms with Crippen molar-refractivity contribution in [1.29, 1.82) is 0 Å². The van der Waals surface area contributed by atoms with E-state index in [1.54, 1.807) is 6.92 Å². The van der Waals surface area contributed by atoms with Gasteiger partial charge in [0, 0.05) is 6.04 Å². The van der Waals surface area contributed by atoms with Gasteiger partial charge in [0.15, 0.2) is 6.10 Å². The van der Waals surface area contributed by atoms with E-state index >= 15 is 0 Å². The molecule has 1 aromatic carbocycles. The molecule has 1 unspecified atom stereocenters. The maximum Gasteiger partial charge on any atom is 0.261 e. The molecule has 0 saturated heterocycles. The Morgan fingerprint density at radius 3 is 2.05 bits per heavy atom. The molecule has 0 heterocycles. The molecule has 0 aliphatic rings. The molecule has 1 rings (SSSR count). The van der Waals surface area contributed by atoms with Gasteiger partial charge in [-0.2, -0.15) is 0 Å². The number of hydrogen-bond acceptors (Lipinski definition) is 2. The van der Waals surface area contributed by atoms with Gasteiger partial charge >= 0.3 is 0 Å². The van der Waals surface area contributed by atoms with Gasteiger partial charge < -0.3 is 10.1 Å². The maximum absolute atomic E-state index is 12.3. The van der Waals surface area contributed by atoms with Gasteiger partial charge in [-0.1, -0.05) is 33.8 Å². The second-order valence-corrected chi connectivity index (χ2v) is 6.53. The molecule has 3 heteroatoms. The number of nitrogens with one attached hydrogen (secondary N) is 1. The molecular weight excluding hydrogens is 262 g/mol. The van der Waals surface area contributed by atoms with Crippen molar-refractivity contribution in [3.8, 4) is 5.75 Å². The Bertz CT molecular complexity index is 472. The molecule has 0 aromatic heterocycles. The minimum Gasteiger partial charge on any atom is -0.481 e. The molecule has 21 heavy (non-hydrogen) atoms. The van der Waals surface area contributed by atoms with Crippen molar-refractivity contribution in [2.75, 3.05) is 0 Å². The van der Waals surface area contributed by atoms with E-state index in [1.807, 2.05) is 25.1 Å². The van der Waals surface area contributed by atoms with E-state index in [0.717, 1.165) is 5.75 Å². The van der Waals surface area contributed by atoms with Crippen LogP contribution in [-0.4, -0.2) is 18.1 Å². The second-order valence-electron chi connectivity index (χ2n) is 6.53. The van der Waals surface area contributed by atoms with Crippen LogP contribution in [0.15, 0.2) is 18.2 Å². The molecule has 0 aliphatic carbocycles. The van der Waals surface area contributed by atoms with E-state index in [0.29, 0.717) is 11.8 Å². The Balaban J connectivity index is 2.67. The molecule has 1 amide bonds. The van der Waals surface area contributed by atoms with E-state index in [-0.39, 0.29) is 11.9 Å². The molecule has 0 fully saturated rings. The largest absolute Gasteiger partial charge is 0.481 e. The van der Waals surface area contributed by atoms with Crippen molar-refractivity contribution >= 4 is 5.91 Å². The predicted octanol–water partition coefficient (Wildman–Crippen LogP) is 3.87. The number of benzene rings is 1. The van der Waals surface area contributed by atoms with Crippen LogP contribution in [0.3, 0.4) is 0 Å². The standard InChI is InChI=1S/C18H29NO2/c1-11(2)17(12(3)4)19-18(20)15(7)21-16-9-8-13(5)14(6)10-16/h8-12,15,17H,1-7H3,(H,19,20). The minimum absolute atomic E-state index is 0.0550. The summed E-state index contributed by atoms with van der Waals surface area (Å²) in [6.07, 6.45) is -0.493. The van der Waals surface area contributed by atoms with Crippen molar-refractivity contribution < 1.29 is 9.53 Å². The molecule has 1 aromatic rings. The minimum atomic E-state index is -0.493. The van der Waals surface area contributed by atoms with E-state index in [9.17, 15) is 4.79 Å². The molecule has 0 aliphatic heterocycles. The summed E-state index contributed by atoms with van der Waals surface area (Å²) in [5.41, 5.74) is 2.39. The fraction of sp³-hybridized carbons (Fsp3) is 0.611. The summed E-state index contributed by atoms with van der Waals surface area (Å²) in [5, 5.41) is 3.10. The van der Waals surface area contributed by atoms with Gasteiger partial charge in [0.2, 0.25) is 0 Å². The molecule has 1 N–H and O–H groups in total. The average Bonchev–Trinajstić information content (AvgIpc) is 2.39. The quantitative estimate of drug-likeness (QED) is 0.864. The Labute approximate surface area is 129 Å². The number of aryl methyl sites for hydroxylation is 2. The van der Waals surface area contributed by atoms with Crippen LogP contribution in [0.25, 0.3) is 0 Å². The predicted molar refractivity (Wildman–Crippen MR) is 87.6 cm³/mol. The maximum atomic E-state index is 12.3. The normalized spacial score (nSPS) is 12.9.